The molecule has 1 amide bonds. The van der Waals surface area contributed by atoms with E-state index in [0.29, 0.717) is 0 Å². The Morgan fingerprint density at radius 1 is 1.25 bits per heavy atom. The fraction of sp³-hybridized carbons (Fsp3) is 0.562. The molecule has 0 saturated carbocycles. The highest BCUT2D eigenvalue weighted by Crippen LogP contribution is 2.31. The maximum absolute atomic E-state index is 12.7. The zero-order chi connectivity index (χ0) is 13.9. The molecule has 2 heterocycles. The van der Waals surface area contributed by atoms with Gasteiger partial charge in [0, 0.05) is 43.0 Å². The third-order valence-electron chi connectivity index (χ3n) is 4.34. The molecule has 0 aromatic carbocycles. The molecule has 0 unspecified atom stereocenters. The molecule has 1 aliphatic heterocycles. The van der Waals surface area contributed by atoms with Crippen molar-refractivity contribution in [2.24, 2.45) is 0 Å². The van der Waals surface area contributed by atoms with E-state index in [-0.39, 0.29) is 5.91 Å². The molecule has 20 heavy (non-hydrogen) atoms. The summed E-state index contributed by atoms with van der Waals surface area (Å²) in [7, 11) is 0. The van der Waals surface area contributed by atoms with Gasteiger partial charge in [0.15, 0.2) is 0 Å². The van der Waals surface area contributed by atoms with E-state index in [1.54, 1.807) is 11.3 Å². The zero-order valence-electron chi connectivity index (χ0n) is 11.9. The van der Waals surface area contributed by atoms with Crippen molar-refractivity contribution >= 4 is 17.2 Å². The SMILES string of the molecule is C=CCN1CCN(C(=O)c2csc3c2CCCC3)CC1. The number of fused-ring (bicyclic) bond motifs is 1. The van der Waals surface area contributed by atoms with Gasteiger partial charge in [0.25, 0.3) is 5.91 Å². The van der Waals surface area contributed by atoms with Gasteiger partial charge in [-0.05, 0) is 31.2 Å². The van der Waals surface area contributed by atoms with Crippen LogP contribution in [0.5, 0.6) is 0 Å². The largest absolute Gasteiger partial charge is 0.336 e. The van der Waals surface area contributed by atoms with Crippen molar-refractivity contribution in [3.63, 3.8) is 0 Å². The minimum Gasteiger partial charge on any atom is -0.336 e. The van der Waals surface area contributed by atoms with E-state index in [1.165, 1.54) is 29.7 Å². The van der Waals surface area contributed by atoms with Crippen LogP contribution in [0.3, 0.4) is 0 Å². The van der Waals surface area contributed by atoms with Crippen molar-refractivity contribution < 1.29 is 4.79 Å². The third kappa shape index (κ3) is 2.67. The molecule has 3 nitrogen and oxygen atoms in total. The predicted octanol–water partition coefficient (Wildman–Crippen LogP) is 2.57. The van der Waals surface area contributed by atoms with Crippen LogP contribution in [-0.4, -0.2) is 48.4 Å². The van der Waals surface area contributed by atoms with Crippen LogP contribution in [0.4, 0.5) is 0 Å². The molecule has 0 radical (unpaired) electrons. The lowest BCUT2D eigenvalue weighted by molar-refractivity contribution is 0.0649. The number of amides is 1. The van der Waals surface area contributed by atoms with Gasteiger partial charge in [0.05, 0.1) is 5.56 Å². The molecule has 1 aromatic heterocycles. The van der Waals surface area contributed by atoms with Gasteiger partial charge in [-0.3, -0.25) is 9.69 Å². The lowest BCUT2D eigenvalue weighted by Crippen LogP contribution is -2.48. The van der Waals surface area contributed by atoms with Gasteiger partial charge < -0.3 is 4.90 Å². The van der Waals surface area contributed by atoms with Gasteiger partial charge in [-0.1, -0.05) is 6.08 Å². The Balaban J connectivity index is 1.68. The fourth-order valence-corrected chi connectivity index (χ4v) is 4.28. The Kier molecular flexibility index (Phi) is 4.22. The normalized spacial score (nSPS) is 19.7. The standard InChI is InChI=1S/C16H22N2OS/c1-2-7-17-8-10-18(11-9-17)16(19)14-12-20-15-6-4-3-5-13(14)15/h2,12H,1,3-11H2. The van der Waals surface area contributed by atoms with E-state index in [4.69, 9.17) is 0 Å². The van der Waals surface area contributed by atoms with E-state index in [1.807, 2.05) is 11.0 Å². The summed E-state index contributed by atoms with van der Waals surface area (Å²) in [5.41, 5.74) is 2.33. The van der Waals surface area contributed by atoms with Crippen LogP contribution in [0.1, 0.15) is 33.6 Å². The molecule has 0 atom stereocenters. The first-order valence-electron chi connectivity index (χ1n) is 7.51. The first-order valence-corrected chi connectivity index (χ1v) is 8.39. The topological polar surface area (TPSA) is 23.6 Å². The van der Waals surface area contributed by atoms with E-state index < -0.39 is 0 Å². The van der Waals surface area contributed by atoms with E-state index in [2.05, 4.69) is 16.9 Å². The van der Waals surface area contributed by atoms with Crippen LogP contribution < -0.4 is 0 Å². The third-order valence-corrected chi connectivity index (χ3v) is 5.43. The highest BCUT2D eigenvalue weighted by molar-refractivity contribution is 7.10. The molecule has 1 fully saturated rings. The number of piperazine rings is 1. The van der Waals surface area contributed by atoms with Gasteiger partial charge in [0.2, 0.25) is 0 Å². The average molecular weight is 290 g/mol. The van der Waals surface area contributed by atoms with Crippen molar-refractivity contribution in [3.8, 4) is 0 Å². The predicted molar refractivity (Wildman–Crippen MR) is 83.5 cm³/mol. The lowest BCUT2D eigenvalue weighted by atomic mass is 9.95. The highest BCUT2D eigenvalue weighted by Gasteiger charge is 2.26. The smallest absolute Gasteiger partial charge is 0.255 e. The summed E-state index contributed by atoms with van der Waals surface area (Å²) in [5.74, 6) is 0.252. The quantitative estimate of drug-likeness (QED) is 0.799. The van der Waals surface area contributed by atoms with E-state index in [0.717, 1.165) is 44.7 Å². The first-order chi connectivity index (χ1) is 9.79. The minimum atomic E-state index is 0.252. The molecule has 108 valence electrons. The zero-order valence-corrected chi connectivity index (χ0v) is 12.8. The summed E-state index contributed by atoms with van der Waals surface area (Å²) in [5, 5.41) is 2.09. The second-order valence-corrected chi connectivity index (χ2v) is 6.60. The van der Waals surface area contributed by atoms with Gasteiger partial charge in [0.1, 0.15) is 0 Å². The van der Waals surface area contributed by atoms with Crippen LogP contribution in [0, 0.1) is 0 Å². The molecule has 1 saturated heterocycles. The van der Waals surface area contributed by atoms with Crippen molar-refractivity contribution in [1.29, 1.82) is 0 Å². The number of rotatable bonds is 3. The Morgan fingerprint density at radius 2 is 2.00 bits per heavy atom. The Hall–Kier alpha value is -1.13. The Labute approximate surface area is 124 Å². The number of aryl methyl sites for hydroxylation is 1. The van der Waals surface area contributed by atoms with Crippen LogP contribution in [0.2, 0.25) is 0 Å². The van der Waals surface area contributed by atoms with Crippen LogP contribution >= 0.6 is 11.3 Å². The molecular formula is C16H22N2OS. The van der Waals surface area contributed by atoms with Gasteiger partial charge in [-0.15, -0.1) is 17.9 Å². The molecule has 4 heteroatoms. The maximum Gasteiger partial charge on any atom is 0.255 e. The second-order valence-electron chi connectivity index (χ2n) is 5.64. The number of nitrogens with zero attached hydrogens (tertiary/aromatic N) is 2. The summed E-state index contributed by atoms with van der Waals surface area (Å²) in [6, 6.07) is 0. The van der Waals surface area contributed by atoms with E-state index in [9.17, 15) is 4.79 Å². The minimum absolute atomic E-state index is 0.252. The van der Waals surface area contributed by atoms with Gasteiger partial charge in [-0.2, -0.15) is 0 Å². The fourth-order valence-electron chi connectivity index (χ4n) is 3.16. The number of carbonyl (C=O) groups excluding carboxylic acids is 1. The summed E-state index contributed by atoms with van der Waals surface area (Å²) in [6.07, 6.45) is 6.71. The van der Waals surface area contributed by atoms with Crippen molar-refractivity contribution in [2.75, 3.05) is 32.7 Å². The van der Waals surface area contributed by atoms with Crippen molar-refractivity contribution in [3.05, 3.63) is 34.0 Å². The van der Waals surface area contributed by atoms with Gasteiger partial charge >= 0.3 is 0 Å². The monoisotopic (exact) mass is 290 g/mol. The highest BCUT2D eigenvalue weighted by atomic mass is 32.1. The second kappa shape index (κ2) is 6.10. The molecule has 1 aromatic rings. The van der Waals surface area contributed by atoms with Crippen LogP contribution in [-0.2, 0) is 12.8 Å². The molecule has 3 rings (SSSR count). The Bertz CT molecular complexity index is 501. The van der Waals surface area contributed by atoms with E-state index >= 15 is 0 Å². The van der Waals surface area contributed by atoms with Gasteiger partial charge in [-0.25, -0.2) is 0 Å². The Morgan fingerprint density at radius 3 is 2.75 bits per heavy atom. The molecule has 0 bridgehead atoms. The summed E-state index contributed by atoms with van der Waals surface area (Å²) < 4.78 is 0. The average Bonchev–Trinajstić information content (AvgIpc) is 2.92. The lowest BCUT2D eigenvalue weighted by Gasteiger charge is -2.34. The number of thiophene rings is 1. The number of hydrogen-bond donors (Lipinski definition) is 0. The summed E-state index contributed by atoms with van der Waals surface area (Å²) in [4.78, 5) is 18.5. The van der Waals surface area contributed by atoms with Crippen LogP contribution in [0.25, 0.3) is 0 Å². The number of carbonyl (C=O) groups is 1. The first kappa shape index (κ1) is 13.8. The van der Waals surface area contributed by atoms with Crippen molar-refractivity contribution in [1.82, 2.24) is 9.80 Å². The summed E-state index contributed by atoms with van der Waals surface area (Å²) in [6.45, 7) is 8.32. The number of hydrogen-bond acceptors (Lipinski definition) is 3. The molecular weight excluding hydrogens is 268 g/mol. The van der Waals surface area contributed by atoms with Crippen LogP contribution in [0.15, 0.2) is 18.0 Å². The molecule has 0 spiro atoms. The maximum atomic E-state index is 12.7. The summed E-state index contributed by atoms with van der Waals surface area (Å²) >= 11 is 1.78. The molecule has 0 N–H and O–H groups in total. The van der Waals surface area contributed by atoms with Crippen molar-refractivity contribution in [2.45, 2.75) is 25.7 Å². The molecule has 2 aliphatic rings. The molecule has 1 aliphatic carbocycles.